The van der Waals surface area contributed by atoms with Gasteiger partial charge in [-0.3, -0.25) is 10.1 Å². The first kappa shape index (κ1) is 18.1. The van der Waals surface area contributed by atoms with E-state index >= 15 is 0 Å². The summed E-state index contributed by atoms with van der Waals surface area (Å²) < 4.78 is 5.22. The van der Waals surface area contributed by atoms with Crippen LogP contribution in [0.15, 0.2) is 16.7 Å². The Morgan fingerprint density at radius 3 is 2.54 bits per heavy atom. The molecule has 1 N–H and O–H groups in total. The van der Waals surface area contributed by atoms with Crippen molar-refractivity contribution in [2.45, 2.75) is 20.8 Å². The highest BCUT2D eigenvalue weighted by molar-refractivity contribution is 6.35. The summed E-state index contributed by atoms with van der Waals surface area (Å²) >= 11 is 12.4. The number of phenols is 1. The number of nitro benzene ring substituents is 1. The predicted octanol–water partition coefficient (Wildman–Crippen LogP) is 4.64. The second kappa shape index (κ2) is 6.54. The number of halogens is 2. The van der Waals surface area contributed by atoms with E-state index in [4.69, 9.17) is 27.7 Å². The summed E-state index contributed by atoms with van der Waals surface area (Å²) in [7, 11) is 0. The van der Waals surface area contributed by atoms with Gasteiger partial charge in [0.05, 0.1) is 21.2 Å². The molecule has 0 spiro atoms. The molecule has 0 aliphatic heterocycles. The second-order valence-electron chi connectivity index (χ2n) is 5.64. The Hall–Kier alpha value is -2.71. The molecule has 0 unspecified atom stereocenters. The largest absolute Gasteiger partial charge is 0.502 e. The van der Waals surface area contributed by atoms with E-state index in [1.165, 1.54) is 13.0 Å². The highest BCUT2D eigenvalue weighted by Gasteiger charge is 2.23. The topological polar surface area (TPSA) is 115 Å². The van der Waals surface area contributed by atoms with E-state index in [9.17, 15) is 15.2 Å². The minimum absolute atomic E-state index is 0.0402. The summed E-state index contributed by atoms with van der Waals surface area (Å²) in [4.78, 5) is 18.8. The first-order valence-electron chi connectivity index (χ1n) is 7.35. The molecule has 3 rings (SSSR count). The van der Waals surface area contributed by atoms with Crippen LogP contribution >= 0.6 is 23.2 Å². The molecule has 0 aliphatic rings. The SMILES string of the molecule is Cc1cc(-c2nc(-c3c(Cl)nc(C)c(Cl)c3C)no2)cc([N+](=O)[O-])c1O. The molecule has 2 aromatic heterocycles. The average molecular weight is 395 g/mol. The van der Waals surface area contributed by atoms with Crippen molar-refractivity contribution in [3.8, 4) is 28.6 Å². The van der Waals surface area contributed by atoms with E-state index in [0.717, 1.165) is 6.07 Å². The summed E-state index contributed by atoms with van der Waals surface area (Å²) in [5.74, 6) is -0.212. The molecular weight excluding hydrogens is 383 g/mol. The zero-order valence-electron chi connectivity index (χ0n) is 13.9. The third-order valence-corrected chi connectivity index (χ3v) is 4.70. The lowest BCUT2D eigenvalue weighted by Crippen LogP contribution is -1.95. The highest BCUT2D eigenvalue weighted by Crippen LogP contribution is 2.37. The van der Waals surface area contributed by atoms with Crippen LogP contribution in [-0.4, -0.2) is 25.2 Å². The summed E-state index contributed by atoms with van der Waals surface area (Å²) in [5, 5.41) is 25.4. The number of benzene rings is 1. The van der Waals surface area contributed by atoms with Gasteiger partial charge in [0.25, 0.3) is 5.89 Å². The smallest absolute Gasteiger partial charge is 0.311 e. The molecule has 8 nitrogen and oxygen atoms in total. The first-order chi connectivity index (χ1) is 12.2. The fourth-order valence-electron chi connectivity index (χ4n) is 2.51. The Kier molecular flexibility index (Phi) is 4.55. The van der Waals surface area contributed by atoms with Gasteiger partial charge in [0.15, 0.2) is 5.75 Å². The summed E-state index contributed by atoms with van der Waals surface area (Å²) in [5.41, 5.74) is 1.79. The second-order valence-corrected chi connectivity index (χ2v) is 6.38. The number of aromatic hydroxyl groups is 1. The Morgan fingerprint density at radius 1 is 1.19 bits per heavy atom. The van der Waals surface area contributed by atoms with Crippen molar-refractivity contribution in [3.63, 3.8) is 0 Å². The zero-order valence-corrected chi connectivity index (χ0v) is 15.4. The van der Waals surface area contributed by atoms with E-state index in [1.54, 1.807) is 13.8 Å². The van der Waals surface area contributed by atoms with Crippen LogP contribution in [0.2, 0.25) is 10.2 Å². The van der Waals surface area contributed by atoms with E-state index in [-0.39, 0.29) is 16.9 Å². The molecule has 3 aromatic rings. The molecule has 0 bridgehead atoms. The summed E-state index contributed by atoms with van der Waals surface area (Å²) in [6.07, 6.45) is 0. The van der Waals surface area contributed by atoms with E-state index in [0.29, 0.717) is 33.0 Å². The number of nitro groups is 1. The van der Waals surface area contributed by atoms with Crippen LogP contribution in [0.25, 0.3) is 22.8 Å². The number of nitrogens with zero attached hydrogens (tertiary/aromatic N) is 4. The van der Waals surface area contributed by atoms with Crippen LogP contribution in [0.3, 0.4) is 0 Å². The minimum atomic E-state index is -0.687. The summed E-state index contributed by atoms with van der Waals surface area (Å²) in [6, 6.07) is 2.67. The Bertz CT molecular complexity index is 1050. The van der Waals surface area contributed by atoms with Gasteiger partial charge in [0.2, 0.25) is 5.82 Å². The lowest BCUT2D eigenvalue weighted by molar-refractivity contribution is -0.385. The third kappa shape index (κ3) is 2.97. The van der Waals surface area contributed by atoms with Gasteiger partial charge in [-0.05, 0) is 38.0 Å². The molecule has 2 heterocycles. The lowest BCUT2D eigenvalue weighted by Gasteiger charge is -2.07. The molecule has 0 saturated heterocycles. The molecule has 0 radical (unpaired) electrons. The van der Waals surface area contributed by atoms with Crippen LogP contribution in [-0.2, 0) is 0 Å². The van der Waals surface area contributed by atoms with Crippen molar-refractivity contribution in [3.05, 3.63) is 49.2 Å². The van der Waals surface area contributed by atoms with Crippen molar-refractivity contribution in [2.75, 3.05) is 0 Å². The van der Waals surface area contributed by atoms with Gasteiger partial charge in [-0.2, -0.15) is 4.98 Å². The van der Waals surface area contributed by atoms with Crippen molar-refractivity contribution >= 4 is 28.9 Å². The van der Waals surface area contributed by atoms with Crippen LogP contribution < -0.4 is 0 Å². The van der Waals surface area contributed by atoms with E-state index in [2.05, 4.69) is 15.1 Å². The number of aryl methyl sites for hydroxylation is 2. The molecule has 0 aliphatic carbocycles. The maximum Gasteiger partial charge on any atom is 0.311 e. The van der Waals surface area contributed by atoms with Gasteiger partial charge < -0.3 is 9.63 Å². The van der Waals surface area contributed by atoms with Crippen molar-refractivity contribution in [1.82, 2.24) is 15.1 Å². The van der Waals surface area contributed by atoms with Gasteiger partial charge in [-0.25, -0.2) is 4.98 Å². The van der Waals surface area contributed by atoms with Gasteiger partial charge in [0.1, 0.15) is 5.15 Å². The number of phenolic OH excluding ortho intramolecular Hbond substituents is 1. The van der Waals surface area contributed by atoms with Crippen LogP contribution in [0.1, 0.15) is 16.8 Å². The maximum absolute atomic E-state index is 11.1. The molecule has 0 atom stereocenters. The maximum atomic E-state index is 11.1. The fourth-order valence-corrected chi connectivity index (χ4v) is 3.00. The molecule has 0 fully saturated rings. The molecule has 0 amide bonds. The highest BCUT2D eigenvalue weighted by atomic mass is 35.5. The molecule has 0 saturated carbocycles. The Labute approximate surface area is 157 Å². The average Bonchev–Trinajstić information content (AvgIpc) is 3.04. The minimum Gasteiger partial charge on any atom is -0.502 e. The first-order valence-corrected chi connectivity index (χ1v) is 8.11. The molecule has 10 heteroatoms. The standard InChI is InChI=1S/C16H12Cl2N4O4/c1-6-4-9(5-10(13(6)23)22(24)25)16-20-15(21-26-16)11-7(2)12(17)8(3)19-14(11)18/h4-5,23H,1-3H3. The van der Waals surface area contributed by atoms with Gasteiger partial charge >= 0.3 is 5.69 Å². The zero-order chi connectivity index (χ0) is 19.2. The number of hydrogen-bond acceptors (Lipinski definition) is 7. The quantitative estimate of drug-likeness (QED) is 0.390. The van der Waals surface area contributed by atoms with Crippen molar-refractivity contribution < 1.29 is 14.6 Å². The molecular formula is C16H12Cl2N4O4. The number of pyridine rings is 1. The molecule has 26 heavy (non-hydrogen) atoms. The van der Waals surface area contributed by atoms with Crippen molar-refractivity contribution in [1.29, 1.82) is 0 Å². The predicted molar refractivity (Wildman–Crippen MR) is 95.5 cm³/mol. The van der Waals surface area contributed by atoms with Crippen LogP contribution in [0.4, 0.5) is 5.69 Å². The van der Waals surface area contributed by atoms with Gasteiger partial charge in [0, 0.05) is 11.6 Å². The fraction of sp³-hybridized carbons (Fsp3) is 0.188. The van der Waals surface area contributed by atoms with E-state index < -0.39 is 16.4 Å². The van der Waals surface area contributed by atoms with Gasteiger partial charge in [-0.15, -0.1) is 0 Å². The molecule has 1 aromatic carbocycles. The van der Waals surface area contributed by atoms with Crippen LogP contribution in [0, 0.1) is 30.9 Å². The van der Waals surface area contributed by atoms with Crippen LogP contribution in [0.5, 0.6) is 5.75 Å². The third-order valence-electron chi connectivity index (χ3n) is 3.87. The summed E-state index contributed by atoms with van der Waals surface area (Å²) in [6.45, 7) is 5.02. The van der Waals surface area contributed by atoms with Gasteiger partial charge in [-0.1, -0.05) is 28.4 Å². The number of hydrogen-bond donors (Lipinski definition) is 1. The number of aromatic nitrogens is 3. The lowest BCUT2D eigenvalue weighted by atomic mass is 10.1. The Balaban J connectivity index is 2.13. The van der Waals surface area contributed by atoms with E-state index in [1.807, 2.05) is 0 Å². The Morgan fingerprint density at radius 2 is 1.88 bits per heavy atom. The molecule has 134 valence electrons. The number of rotatable bonds is 3. The monoisotopic (exact) mass is 394 g/mol. The van der Waals surface area contributed by atoms with Crippen molar-refractivity contribution in [2.24, 2.45) is 0 Å². The normalized spacial score (nSPS) is 11.0.